The highest BCUT2D eigenvalue weighted by molar-refractivity contribution is 7.92. The molecule has 1 N–H and O–H groups in total. The van der Waals surface area contributed by atoms with E-state index in [1.54, 1.807) is 11.8 Å². The van der Waals surface area contributed by atoms with Gasteiger partial charge < -0.3 is 10.2 Å². The number of carbonyl (C=O) groups is 2. The molecule has 0 spiro atoms. The van der Waals surface area contributed by atoms with Crippen LogP contribution in [-0.2, 0) is 19.4 Å². The highest BCUT2D eigenvalue weighted by Gasteiger charge is 2.35. The lowest BCUT2D eigenvalue weighted by molar-refractivity contribution is -0.135. The molecular formula is C18H32N2O4S. The van der Waals surface area contributed by atoms with E-state index >= 15 is 0 Å². The number of piperidine rings is 1. The van der Waals surface area contributed by atoms with Crippen LogP contribution < -0.4 is 5.32 Å². The van der Waals surface area contributed by atoms with Gasteiger partial charge in [-0.2, -0.15) is 0 Å². The van der Waals surface area contributed by atoms with Crippen LogP contribution >= 0.6 is 0 Å². The van der Waals surface area contributed by atoms with Crippen molar-refractivity contribution in [2.24, 2.45) is 5.92 Å². The van der Waals surface area contributed by atoms with Crippen LogP contribution in [0.1, 0.15) is 65.2 Å². The van der Waals surface area contributed by atoms with E-state index in [-0.39, 0.29) is 29.5 Å². The lowest BCUT2D eigenvalue weighted by Crippen LogP contribution is -2.51. The standard InChI is InChI=1S/C18H32N2O4S/c1-3-12-25(23,24)14(2)18(22)20-11-7-8-15(13-20)17(21)19-16-9-5-4-6-10-16/h14-16H,3-13H2,1-2H3,(H,19,21). The minimum atomic E-state index is -3.41. The molecule has 1 heterocycles. The minimum absolute atomic E-state index is 0.0217. The topological polar surface area (TPSA) is 83.6 Å². The van der Waals surface area contributed by atoms with E-state index in [9.17, 15) is 18.0 Å². The molecule has 1 aliphatic carbocycles. The molecule has 1 saturated heterocycles. The Labute approximate surface area is 151 Å². The largest absolute Gasteiger partial charge is 0.353 e. The van der Waals surface area contributed by atoms with E-state index in [2.05, 4.69) is 5.32 Å². The number of hydrogen-bond acceptors (Lipinski definition) is 4. The quantitative estimate of drug-likeness (QED) is 0.772. The number of hydrogen-bond donors (Lipinski definition) is 1. The molecule has 0 aromatic rings. The number of sulfone groups is 1. The van der Waals surface area contributed by atoms with Crippen LogP contribution in [0.5, 0.6) is 0 Å². The predicted octanol–water partition coefficient (Wildman–Crippen LogP) is 1.89. The van der Waals surface area contributed by atoms with Gasteiger partial charge in [0.25, 0.3) is 0 Å². The van der Waals surface area contributed by atoms with Crippen molar-refractivity contribution in [3.8, 4) is 0 Å². The Morgan fingerprint density at radius 1 is 1.12 bits per heavy atom. The highest BCUT2D eigenvalue weighted by atomic mass is 32.2. The van der Waals surface area contributed by atoms with Crippen molar-refractivity contribution in [1.82, 2.24) is 10.2 Å². The fourth-order valence-corrected chi connectivity index (χ4v) is 5.21. The Kier molecular flexibility index (Phi) is 7.28. The molecule has 2 aliphatic rings. The zero-order valence-electron chi connectivity index (χ0n) is 15.5. The van der Waals surface area contributed by atoms with Gasteiger partial charge in [-0.15, -0.1) is 0 Å². The molecule has 2 unspecified atom stereocenters. The second kappa shape index (κ2) is 9.01. The van der Waals surface area contributed by atoms with Gasteiger partial charge in [0.05, 0.1) is 11.7 Å². The van der Waals surface area contributed by atoms with E-state index in [4.69, 9.17) is 0 Å². The van der Waals surface area contributed by atoms with Gasteiger partial charge in [0.2, 0.25) is 11.8 Å². The van der Waals surface area contributed by atoms with Crippen molar-refractivity contribution in [3.63, 3.8) is 0 Å². The van der Waals surface area contributed by atoms with Crippen molar-refractivity contribution >= 4 is 21.7 Å². The summed E-state index contributed by atoms with van der Waals surface area (Å²) in [4.78, 5) is 26.7. The molecular weight excluding hydrogens is 340 g/mol. The Morgan fingerprint density at radius 3 is 2.44 bits per heavy atom. The lowest BCUT2D eigenvalue weighted by Gasteiger charge is -2.34. The summed E-state index contributed by atoms with van der Waals surface area (Å²) in [5, 5.41) is 2.11. The molecule has 0 radical (unpaired) electrons. The summed E-state index contributed by atoms with van der Waals surface area (Å²) < 4.78 is 24.3. The molecule has 2 amide bonds. The maximum atomic E-state index is 12.6. The summed E-state index contributed by atoms with van der Waals surface area (Å²) in [6, 6.07) is 0.260. The SMILES string of the molecule is CCCS(=O)(=O)C(C)C(=O)N1CCCC(C(=O)NC2CCCCC2)C1. The number of nitrogens with zero attached hydrogens (tertiary/aromatic N) is 1. The monoisotopic (exact) mass is 372 g/mol. The molecule has 1 aliphatic heterocycles. The summed E-state index contributed by atoms with van der Waals surface area (Å²) >= 11 is 0. The zero-order chi connectivity index (χ0) is 18.4. The fraction of sp³-hybridized carbons (Fsp3) is 0.889. The average molecular weight is 373 g/mol. The van der Waals surface area contributed by atoms with E-state index in [0.717, 1.165) is 38.5 Å². The smallest absolute Gasteiger partial charge is 0.240 e. The molecule has 2 atom stereocenters. The third-order valence-electron chi connectivity index (χ3n) is 5.43. The third-order valence-corrected chi connectivity index (χ3v) is 7.69. The van der Waals surface area contributed by atoms with Gasteiger partial charge in [-0.3, -0.25) is 9.59 Å². The maximum absolute atomic E-state index is 12.6. The second-order valence-electron chi connectivity index (χ2n) is 7.48. The first kappa shape index (κ1) is 20.2. The molecule has 25 heavy (non-hydrogen) atoms. The Morgan fingerprint density at radius 2 is 1.80 bits per heavy atom. The average Bonchev–Trinajstić information content (AvgIpc) is 2.61. The van der Waals surface area contributed by atoms with Gasteiger partial charge in [0, 0.05) is 19.1 Å². The minimum Gasteiger partial charge on any atom is -0.353 e. The molecule has 1 saturated carbocycles. The normalized spacial score (nSPS) is 23.9. The summed E-state index contributed by atoms with van der Waals surface area (Å²) in [5.41, 5.74) is 0. The molecule has 7 heteroatoms. The van der Waals surface area contributed by atoms with Gasteiger partial charge >= 0.3 is 0 Å². The number of carbonyl (C=O) groups excluding carboxylic acids is 2. The van der Waals surface area contributed by atoms with Gasteiger partial charge in [-0.1, -0.05) is 26.2 Å². The molecule has 2 rings (SSSR count). The van der Waals surface area contributed by atoms with Crippen molar-refractivity contribution in [2.45, 2.75) is 76.5 Å². The van der Waals surface area contributed by atoms with Gasteiger partial charge in [-0.05, 0) is 39.0 Å². The molecule has 2 fully saturated rings. The second-order valence-corrected chi connectivity index (χ2v) is 9.92. The Hall–Kier alpha value is -1.11. The van der Waals surface area contributed by atoms with E-state index < -0.39 is 15.1 Å². The van der Waals surface area contributed by atoms with Crippen molar-refractivity contribution in [1.29, 1.82) is 0 Å². The first-order valence-corrected chi connectivity index (χ1v) is 11.4. The molecule has 0 bridgehead atoms. The molecule has 0 aromatic heterocycles. The van der Waals surface area contributed by atoms with Crippen LogP contribution in [0.25, 0.3) is 0 Å². The maximum Gasteiger partial charge on any atom is 0.240 e. The van der Waals surface area contributed by atoms with Gasteiger partial charge in [0.1, 0.15) is 5.25 Å². The van der Waals surface area contributed by atoms with Crippen LogP contribution in [0.3, 0.4) is 0 Å². The first-order chi connectivity index (χ1) is 11.8. The van der Waals surface area contributed by atoms with Crippen LogP contribution in [-0.4, -0.2) is 55.3 Å². The molecule has 0 aromatic carbocycles. The van der Waals surface area contributed by atoms with Crippen LogP contribution in [0.15, 0.2) is 0 Å². The van der Waals surface area contributed by atoms with Crippen LogP contribution in [0.4, 0.5) is 0 Å². The first-order valence-electron chi connectivity index (χ1n) is 9.66. The highest BCUT2D eigenvalue weighted by Crippen LogP contribution is 2.22. The summed E-state index contributed by atoms with van der Waals surface area (Å²) in [6.07, 6.45) is 7.64. The van der Waals surface area contributed by atoms with Crippen molar-refractivity contribution in [2.75, 3.05) is 18.8 Å². The Balaban J connectivity index is 1.92. The summed E-state index contributed by atoms with van der Waals surface area (Å²) in [7, 11) is -3.41. The lowest BCUT2D eigenvalue weighted by atomic mass is 9.93. The number of amides is 2. The van der Waals surface area contributed by atoms with E-state index in [1.807, 2.05) is 0 Å². The number of nitrogens with one attached hydrogen (secondary N) is 1. The van der Waals surface area contributed by atoms with Crippen LogP contribution in [0.2, 0.25) is 0 Å². The number of likely N-dealkylation sites (tertiary alicyclic amines) is 1. The van der Waals surface area contributed by atoms with Crippen LogP contribution in [0, 0.1) is 5.92 Å². The van der Waals surface area contributed by atoms with Crippen molar-refractivity contribution in [3.05, 3.63) is 0 Å². The molecule has 6 nitrogen and oxygen atoms in total. The van der Waals surface area contributed by atoms with Gasteiger partial charge in [-0.25, -0.2) is 8.42 Å². The van der Waals surface area contributed by atoms with Crippen molar-refractivity contribution < 1.29 is 18.0 Å². The van der Waals surface area contributed by atoms with E-state index in [1.165, 1.54) is 13.3 Å². The molecule has 144 valence electrons. The number of rotatable bonds is 6. The third kappa shape index (κ3) is 5.43. The zero-order valence-corrected chi connectivity index (χ0v) is 16.3. The van der Waals surface area contributed by atoms with E-state index in [0.29, 0.717) is 19.5 Å². The summed E-state index contributed by atoms with van der Waals surface area (Å²) in [5.74, 6) is -0.530. The fourth-order valence-electron chi connectivity index (χ4n) is 3.83. The summed E-state index contributed by atoms with van der Waals surface area (Å²) in [6.45, 7) is 4.14. The predicted molar refractivity (Wildman–Crippen MR) is 97.9 cm³/mol. The van der Waals surface area contributed by atoms with Gasteiger partial charge in [0.15, 0.2) is 9.84 Å². The Bertz CT molecular complexity index is 570.